The molecule has 2 aromatic rings. The van der Waals surface area contributed by atoms with Gasteiger partial charge in [0.1, 0.15) is 12.4 Å². The van der Waals surface area contributed by atoms with E-state index in [0.717, 1.165) is 56.9 Å². The summed E-state index contributed by atoms with van der Waals surface area (Å²) >= 11 is 0. The van der Waals surface area contributed by atoms with E-state index in [1.165, 1.54) is 0 Å². The molecular formula is C25H33N3O4S. The molecule has 0 aromatic heterocycles. The minimum Gasteiger partial charge on any atom is -0.492 e. The molecule has 33 heavy (non-hydrogen) atoms. The first-order valence-corrected chi connectivity index (χ1v) is 13.2. The van der Waals surface area contributed by atoms with E-state index in [2.05, 4.69) is 4.90 Å². The van der Waals surface area contributed by atoms with Gasteiger partial charge in [0.2, 0.25) is 15.9 Å². The Bertz CT molecular complexity index is 998. The van der Waals surface area contributed by atoms with Gasteiger partial charge < -0.3 is 9.64 Å². The highest BCUT2D eigenvalue weighted by atomic mass is 32.2. The second kappa shape index (κ2) is 11.1. The molecule has 2 aromatic carbocycles. The van der Waals surface area contributed by atoms with E-state index in [0.29, 0.717) is 37.4 Å². The zero-order chi connectivity index (χ0) is 23.1. The van der Waals surface area contributed by atoms with Gasteiger partial charge in [0.15, 0.2) is 0 Å². The van der Waals surface area contributed by atoms with Gasteiger partial charge in [-0.3, -0.25) is 9.69 Å². The quantitative estimate of drug-likeness (QED) is 0.562. The highest BCUT2D eigenvalue weighted by Crippen LogP contribution is 2.21. The summed E-state index contributed by atoms with van der Waals surface area (Å²) in [6, 6.07) is 16.8. The lowest BCUT2D eigenvalue weighted by Crippen LogP contribution is -2.49. The molecule has 2 aliphatic rings. The van der Waals surface area contributed by atoms with Crippen molar-refractivity contribution in [1.82, 2.24) is 14.1 Å². The third kappa shape index (κ3) is 6.34. The van der Waals surface area contributed by atoms with Crippen LogP contribution in [0.15, 0.2) is 59.5 Å². The van der Waals surface area contributed by atoms with Gasteiger partial charge in [-0.05, 0) is 49.1 Å². The number of nitrogens with zero attached hydrogens (tertiary/aromatic N) is 3. The van der Waals surface area contributed by atoms with Crippen LogP contribution < -0.4 is 4.74 Å². The van der Waals surface area contributed by atoms with Gasteiger partial charge in [-0.15, -0.1) is 0 Å². The van der Waals surface area contributed by atoms with Gasteiger partial charge in [0.05, 0.1) is 4.90 Å². The molecule has 178 valence electrons. The van der Waals surface area contributed by atoms with E-state index in [9.17, 15) is 13.2 Å². The molecule has 7 nitrogen and oxygen atoms in total. The standard InChI is InChI=1S/C25H33N3O4S/c29-25(27-18-16-26(17-19-27)20-21-32-23-6-2-1-3-7-23)13-10-22-8-11-24(12-9-22)33(30,31)28-14-4-5-15-28/h1-3,6-9,11-12H,4-5,10,13-21H2. The maximum atomic E-state index is 12.7. The number of ether oxygens (including phenoxy) is 1. The minimum absolute atomic E-state index is 0.156. The number of amides is 1. The highest BCUT2D eigenvalue weighted by Gasteiger charge is 2.27. The Hall–Kier alpha value is -2.42. The van der Waals surface area contributed by atoms with Crippen molar-refractivity contribution in [3.05, 3.63) is 60.2 Å². The second-order valence-corrected chi connectivity index (χ2v) is 10.6. The average molecular weight is 472 g/mol. The fourth-order valence-electron chi connectivity index (χ4n) is 4.35. The molecule has 0 bridgehead atoms. The van der Waals surface area contributed by atoms with Crippen molar-refractivity contribution < 1.29 is 17.9 Å². The van der Waals surface area contributed by atoms with Crippen molar-refractivity contribution in [2.45, 2.75) is 30.6 Å². The van der Waals surface area contributed by atoms with E-state index in [1.54, 1.807) is 16.4 Å². The molecule has 0 saturated carbocycles. The molecule has 0 aliphatic carbocycles. The smallest absolute Gasteiger partial charge is 0.243 e. The zero-order valence-electron chi connectivity index (χ0n) is 19.1. The van der Waals surface area contributed by atoms with Crippen LogP contribution >= 0.6 is 0 Å². The van der Waals surface area contributed by atoms with E-state index in [1.807, 2.05) is 47.4 Å². The predicted molar refractivity (Wildman–Crippen MR) is 128 cm³/mol. The number of carbonyl (C=O) groups excluding carboxylic acids is 1. The average Bonchev–Trinajstić information content (AvgIpc) is 3.40. The Morgan fingerprint density at radius 2 is 1.52 bits per heavy atom. The number of carbonyl (C=O) groups is 1. The lowest BCUT2D eigenvalue weighted by atomic mass is 10.1. The molecule has 2 fully saturated rings. The lowest BCUT2D eigenvalue weighted by molar-refractivity contribution is -0.132. The molecule has 2 heterocycles. The number of para-hydroxylation sites is 1. The second-order valence-electron chi connectivity index (χ2n) is 8.64. The van der Waals surface area contributed by atoms with Crippen molar-refractivity contribution in [1.29, 1.82) is 0 Å². The summed E-state index contributed by atoms with van der Waals surface area (Å²) in [6.45, 7) is 5.87. The predicted octanol–water partition coefficient (Wildman–Crippen LogP) is 2.63. The first-order valence-electron chi connectivity index (χ1n) is 11.8. The van der Waals surface area contributed by atoms with E-state index in [-0.39, 0.29) is 5.91 Å². The number of hydrogen-bond acceptors (Lipinski definition) is 5. The van der Waals surface area contributed by atoms with Crippen LogP contribution in [0.25, 0.3) is 0 Å². The van der Waals surface area contributed by atoms with Crippen LogP contribution in [0.4, 0.5) is 0 Å². The fourth-order valence-corrected chi connectivity index (χ4v) is 5.86. The van der Waals surface area contributed by atoms with E-state index in [4.69, 9.17) is 4.74 Å². The van der Waals surface area contributed by atoms with Crippen LogP contribution in [0.3, 0.4) is 0 Å². The molecule has 2 saturated heterocycles. The Balaban J connectivity index is 1.17. The van der Waals surface area contributed by atoms with Gasteiger partial charge in [-0.1, -0.05) is 30.3 Å². The molecule has 2 aliphatic heterocycles. The van der Waals surface area contributed by atoms with Gasteiger partial charge >= 0.3 is 0 Å². The Morgan fingerprint density at radius 1 is 0.848 bits per heavy atom. The van der Waals surface area contributed by atoms with Gasteiger partial charge in [-0.2, -0.15) is 4.31 Å². The molecule has 1 amide bonds. The number of hydrogen-bond donors (Lipinski definition) is 0. The summed E-state index contributed by atoms with van der Waals surface area (Å²) in [5, 5.41) is 0. The van der Waals surface area contributed by atoms with Crippen molar-refractivity contribution in [2.24, 2.45) is 0 Å². The lowest BCUT2D eigenvalue weighted by Gasteiger charge is -2.34. The molecule has 0 spiro atoms. The maximum Gasteiger partial charge on any atom is 0.243 e. The summed E-state index contributed by atoms with van der Waals surface area (Å²) in [6.07, 6.45) is 2.91. The number of aryl methyl sites for hydroxylation is 1. The number of rotatable bonds is 9. The van der Waals surface area contributed by atoms with Gasteiger partial charge in [0, 0.05) is 52.2 Å². The fraction of sp³-hybridized carbons (Fsp3) is 0.480. The summed E-state index contributed by atoms with van der Waals surface area (Å²) < 4.78 is 32.6. The first-order chi connectivity index (χ1) is 16.0. The normalized spacial score (nSPS) is 17.9. The molecule has 0 unspecified atom stereocenters. The minimum atomic E-state index is -3.39. The summed E-state index contributed by atoms with van der Waals surface area (Å²) in [5.74, 6) is 1.04. The number of piperazine rings is 1. The Morgan fingerprint density at radius 3 is 2.18 bits per heavy atom. The van der Waals surface area contributed by atoms with Crippen molar-refractivity contribution in [2.75, 3.05) is 52.4 Å². The SMILES string of the molecule is O=C(CCc1ccc(S(=O)(=O)N2CCCC2)cc1)N1CCN(CCOc2ccccc2)CC1. The van der Waals surface area contributed by atoms with Crippen LogP contribution in [-0.4, -0.2) is 80.9 Å². The monoisotopic (exact) mass is 471 g/mol. The highest BCUT2D eigenvalue weighted by molar-refractivity contribution is 7.89. The number of benzene rings is 2. The summed E-state index contributed by atoms with van der Waals surface area (Å²) in [4.78, 5) is 17.3. The third-order valence-corrected chi connectivity index (χ3v) is 8.31. The Labute approximate surface area is 197 Å². The van der Waals surface area contributed by atoms with E-state index >= 15 is 0 Å². The molecular weight excluding hydrogens is 438 g/mol. The zero-order valence-corrected chi connectivity index (χ0v) is 19.9. The topological polar surface area (TPSA) is 70.2 Å². The van der Waals surface area contributed by atoms with Crippen LogP contribution in [0, 0.1) is 0 Å². The molecule has 0 radical (unpaired) electrons. The van der Waals surface area contributed by atoms with Gasteiger partial charge in [0.25, 0.3) is 0 Å². The Kier molecular flexibility index (Phi) is 8.01. The van der Waals surface area contributed by atoms with Gasteiger partial charge in [-0.25, -0.2) is 8.42 Å². The molecule has 0 N–H and O–H groups in total. The van der Waals surface area contributed by atoms with Crippen LogP contribution in [0.5, 0.6) is 5.75 Å². The number of sulfonamides is 1. The van der Waals surface area contributed by atoms with E-state index < -0.39 is 10.0 Å². The summed E-state index contributed by atoms with van der Waals surface area (Å²) in [7, 11) is -3.39. The summed E-state index contributed by atoms with van der Waals surface area (Å²) in [5.41, 5.74) is 0.986. The molecule has 8 heteroatoms. The van der Waals surface area contributed by atoms with Crippen molar-refractivity contribution >= 4 is 15.9 Å². The van der Waals surface area contributed by atoms with Crippen molar-refractivity contribution in [3.8, 4) is 5.75 Å². The first kappa shape index (κ1) is 23.7. The van der Waals surface area contributed by atoms with Crippen LogP contribution in [0.1, 0.15) is 24.8 Å². The molecule has 4 rings (SSSR count). The maximum absolute atomic E-state index is 12.7. The van der Waals surface area contributed by atoms with Crippen LogP contribution in [-0.2, 0) is 21.2 Å². The van der Waals surface area contributed by atoms with Crippen molar-refractivity contribution in [3.63, 3.8) is 0 Å². The molecule has 0 atom stereocenters. The van der Waals surface area contributed by atoms with Crippen LogP contribution in [0.2, 0.25) is 0 Å². The third-order valence-electron chi connectivity index (χ3n) is 6.40. The largest absolute Gasteiger partial charge is 0.492 e.